The van der Waals surface area contributed by atoms with Crippen molar-refractivity contribution in [2.75, 3.05) is 13.6 Å². The molecule has 0 heterocycles. The molecule has 19 heavy (non-hydrogen) atoms. The Morgan fingerprint density at radius 2 is 1.68 bits per heavy atom. The van der Waals surface area contributed by atoms with E-state index in [9.17, 15) is 9.59 Å². The zero-order valence-corrected chi connectivity index (χ0v) is 11.7. The van der Waals surface area contributed by atoms with Crippen LogP contribution in [0.5, 0.6) is 0 Å². The molecule has 1 unspecified atom stereocenters. The second-order valence-corrected chi connectivity index (χ2v) is 4.71. The minimum absolute atomic E-state index is 0.196. The quantitative estimate of drug-likeness (QED) is 0.624. The van der Waals surface area contributed by atoms with Gasteiger partial charge in [0.25, 0.3) is 5.91 Å². The van der Waals surface area contributed by atoms with E-state index in [1.807, 2.05) is 7.05 Å². The van der Waals surface area contributed by atoms with Gasteiger partial charge in [0.1, 0.15) is 6.54 Å². The van der Waals surface area contributed by atoms with Crippen LogP contribution in [-0.4, -0.2) is 25.4 Å². The number of nitrogens with one attached hydrogen (secondary N) is 3. The van der Waals surface area contributed by atoms with Gasteiger partial charge in [-0.3, -0.25) is 20.4 Å². The third-order valence-electron chi connectivity index (χ3n) is 2.78. The van der Waals surface area contributed by atoms with Crippen LogP contribution in [0.4, 0.5) is 0 Å². The van der Waals surface area contributed by atoms with Gasteiger partial charge in [-0.15, -0.1) is 0 Å². The van der Waals surface area contributed by atoms with E-state index in [0.29, 0.717) is 6.54 Å². The molecule has 0 radical (unpaired) electrons. The summed E-state index contributed by atoms with van der Waals surface area (Å²) in [6.07, 6.45) is 1.03. The van der Waals surface area contributed by atoms with Crippen molar-refractivity contribution in [3.8, 4) is 0 Å². The summed E-state index contributed by atoms with van der Waals surface area (Å²) >= 11 is 0. The summed E-state index contributed by atoms with van der Waals surface area (Å²) in [6, 6.07) is 8.40. The van der Waals surface area contributed by atoms with Crippen molar-refractivity contribution in [3.05, 3.63) is 35.4 Å². The summed E-state index contributed by atoms with van der Waals surface area (Å²) in [6.45, 7) is 4.57. The fraction of sp³-hybridized carbons (Fsp3) is 0.429. The molecule has 1 rings (SSSR count). The summed E-state index contributed by atoms with van der Waals surface area (Å²) in [5, 5.41) is 0. The molecule has 0 saturated carbocycles. The summed E-state index contributed by atoms with van der Waals surface area (Å²) in [4.78, 5) is 23.2. The van der Waals surface area contributed by atoms with E-state index in [2.05, 4.69) is 42.0 Å². The number of hydrogen-bond acceptors (Lipinski definition) is 2. The molecule has 1 aromatic rings. The van der Waals surface area contributed by atoms with Gasteiger partial charge < -0.3 is 4.90 Å². The topological polar surface area (TPSA) is 62.6 Å². The molecule has 1 atom stereocenters. The Bertz CT molecular complexity index is 429. The number of amides is 2. The van der Waals surface area contributed by atoms with E-state index in [4.69, 9.17) is 0 Å². The van der Waals surface area contributed by atoms with Crippen molar-refractivity contribution in [1.29, 1.82) is 0 Å². The molecule has 104 valence electrons. The molecule has 5 heteroatoms. The Morgan fingerprint density at radius 1 is 1.11 bits per heavy atom. The lowest BCUT2D eigenvalue weighted by molar-refractivity contribution is -0.885. The minimum atomic E-state index is -0.277. The standard InChI is InChI=1S/C14H21N3O2/c1-4-12-5-7-13(8-6-12)9-17(3)10-14(19)16-15-11(2)18/h5-8H,4,9-10H2,1-3H3,(H,15,18)(H,16,19)/p+1. The van der Waals surface area contributed by atoms with Gasteiger partial charge in [0, 0.05) is 12.5 Å². The van der Waals surface area contributed by atoms with Crippen LogP contribution in [0.2, 0.25) is 0 Å². The smallest absolute Gasteiger partial charge is 0.293 e. The molecule has 5 nitrogen and oxygen atoms in total. The summed E-state index contributed by atoms with van der Waals surface area (Å²) < 4.78 is 0. The number of likely N-dealkylation sites (N-methyl/N-ethyl adjacent to an activating group) is 1. The molecule has 0 bridgehead atoms. The molecule has 0 aromatic heterocycles. The number of rotatable bonds is 5. The van der Waals surface area contributed by atoms with Gasteiger partial charge in [-0.25, -0.2) is 0 Å². The van der Waals surface area contributed by atoms with Gasteiger partial charge >= 0.3 is 0 Å². The molecule has 0 aliphatic carbocycles. The molecule has 3 N–H and O–H groups in total. The van der Waals surface area contributed by atoms with Crippen molar-refractivity contribution >= 4 is 11.8 Å². The number of hydrazine groups is 1. The molecule has 0 aliphatic heterocycles. The van der Waals surface area contributed by atoms with Crippen molar-refractivity contribution in [3.63, 3.8) is 0 Å². The largest absolute Gasteiger partial charge is 0.326 e. The van der Waals surface area contributed by atoms with Gasteiger partial charge in [-0.2, -0.15) is 0 Å². The zero-order valence-electron chi connectivity index (χ0n) is 11.7. The third-order valence-corrected chi connectivity index (χ3v) is 2.78. The number of carbonyl (C=O) groups is 2. The van der Waals surface area contributed by atoms with Gasteiger partial charge in [-0.1, -0.05) is 31.2 Å². The number of quaternary nitrogens is 1. The van der Waals surface area contributed by atoms with E-state index in [1.165, 1.54) is 18.1 Å². The normalized spacial score (nSPS) is 11.7. The van der Waals surface area contributed by atoms with Crippen molar-refractivity contribution in [1.82, 2.24) is 10.9 Å². The Labute approximate surface area is 114 Å². The second-order valence-electron chi connectivity index (χ2n) is 4.71. The predicted molar refractivity (Wildman–Crippen MR) is 73.2 cm³/mol. The van der Waals surface area contributed by atoms with E-state index in [1.54, 1.807) is 0 Å². The van der Waals surface area contributed by atoms with Crippen LogP contribution in [-0.2, 0) is 22.6 Å². The molecule has 0 saturated heterocycles. The lowest BCUT2D eigenvalue weighted by Gasteiger charge is -2.14. The molecule has 0 aliphatic rings. The Morgan fingerprint density at radius 3 is 2.21 bits per heavy atom. The Balaban J connectivity index is 2.39. The molecule has 1 aromatic carbocycles. The average molecular weight is 264 g/mol. The number of carbonyl (C=O) groups excluding carboxylic acids is 2. The fourth-order valence-corrected chi connectivity index (χ4v) is 1.78. The van der Waals surface area contributed by atoms with Crippen LogP contribution < -0.4 is 15.8 Å². The van der Waals surface area contributed by atoms with Crippen molar-refractivity contribution in [2.45, 2.75) is 26.8 Å². The van der Waals surface area contributed by atoms with E-state index < -0.39 is 0 Å². The van der Waals surface area contributed by atoms with E-state index in [0.717, 1.165) is 17.9 Å². The first-order valence-electron chi connectivity index (χ1n) is 6.45. The summed E-state index contributed by atoms with van der Waals surface area (Å²) in [5.41, 5.74) is 7.14. The SMILES string of the molecule is CCc1ccc(C[NH+](C)CC(=O)NNC(C)=O)cc1. The van der Waals surface area contributed by atoms with Gasteiger partial charge in [0.05, 0.1) is 7.05 Å². The highest BCUT2D eigenvalue weighted by molar-refractivity contribution is 5.81. The highest BCUT2D eigenvalue weighted by Crippen LogP contribution is 2.03. The highest BCUT2D eigenvalue weighted by atomic mass is 16.2. The van der Waals surface area contributed by atoms with E-state index >= 15 is 0 Å². The average Bonchev–Trinajstić information content (AvgIpc) is 2.37. The maximum atomic E-state index is 11.5. The second kappa shape index (κ2) is 7.53. The van der Waals surface area contributed by atoms with Crippen LogP contribution in [0.1, 0.15) is 25.0 Å². The van der Waals surface area contributed by atoms with Gasteiger partial charge in [0.15, 0.2) is 6.54 Å². The van der Waals surface area contributed by atoms with E-state index in [-0.39, 0.29) is 11.8 Å². The Hall–Kier alpha value is -1.88. The highest BCUT2D eigenvalue weighted by Gasteiger charge is 2.10. The first-order valence-corrected chi connectivity index (χ1v) is 6.45. The van der Waals surface area contributed by atoms with Crippen molar-refractivity contribution < 1.29 is 14.5 Å². The first kappa shape index (κ1) is 15.2. The lowest BCUT2D eigenvalue weighted by atomic mass is 10.1. The maximum absolute atomic E-state index is 11.5. The molecular formula is C14H22N3O2+. The molecule has 2 amide bonds. The number of benzene rings is 1. The molecule has 0 spiro atoms. The van der Waals surface area contributed by atoms with Crippen LogP contribution in [0.3, 0.4) is 0 Å². The van der Waals surface area contributed by atoms with Crippen LogP contribution in [0.25, 0.3) is 0 Å². The van der Waals surface area contributed by atoms with Crippen LogP contribution >= 0.6 is 0 Å². The third kappa shape index (κ3) is 6.01. The van der Waals surface area contributed by atoms with Crippen molar-refractivity contribution in [2.24, 2.45) is 0 Å². The van der Waals surface area contributed by atoms with Gasteiger partial charge in [0.2, 0.25) is 5.91 Å². The first-order chi connectivity index (χ1) is 9.01. The molecular weight excluding hydrogens is 242 g/mol. The fourth-order valence-electron chi connectivity index (χ4n) is 1.78. The predicted octanol–water partition coefficient (Wildman–Crippen LogP) is -0.569. The van der Waals surface area contributed by atoms with Crippen LogP contribution in [0.15, 0.2) is 24.3 Å². The zero-order chi connectivity index (χ0) is 14.3. The lowest BCUT2D eigenvalue weighted by Crippen LogP contribution is -3.09. The number of hydrogen-bond donors (Lipinski definition) is 3. The Kier molecular flexibility index (Phi) is 6.02. The number of aryl methyl sites for hydroxylation is 1. The van der Waals surface area contributed by atoms with Gasteiger partial charge in [-0.05, 0) is 12.0 Å². The maximum Gasteiger partial charge on any atom is 0.293 e. The minimum Gasteiger partial charge on any atom is -0.326 e. The van der Waals surface area contributed by atoms with Crippen LogP contribution in [0, 0.1) is 0 Å². The summed E-state index contributed by atoms with van der Waals surface area (Å²) in [5.74, 6) is -0.473. The summed E-state index contributed by atoms with van der Waals surface area (Å²) in [7, 11) is 1.95. The monoisotopic (exact) mass is 264 g/mol. The molecule has 0 fully saturated rings.